The molecule has 116 valence electrons. The van der Waals surface area contributed by atoms with Gasteiger partial charge in [-0.2, -0.15) is 0 Å². The van der Waals surface area contributed by atoms with Crippen molar-refractivity contribution in [3.05, 3.63) is 45.7 Å². The highest BCUT2D eigenvalue weighted by Gasteiger charge is 2.23. The first-order valence-corrected chi connectivity index (χ1v) is 7.72. The van der Waals surface area contributed by atoms with Gasteiger partial charge >= 0.3 is 0 Å². The summed E-state index contributed by atoms with van der Waals surface area (Å²) in [4.78, 5) is 27.6. The Morgan fingerprint density at radius 1 is 1.32 bits per heavy atom. The lowest BCUT2D eigenvalue weighted by molar-refractivity contribution is 0.0923. The van der Waals surface area contributed by atoms with E-state index >= 15 is 0 Å². The van der Waals surface area contributed by atoms with Crippen LogP contribution in [-0.2, 0) is 0 Å². The summed E-state index contributed by atoms with van der Waals surface area (Å²) in [6.45, 7) is 4.82. The number of amides is 1. The average Bonchev–Trinajstić information content (AvgIpc) is 2.47. The third-order valence-corrected chi connectivity index (χ3v) is 4.37. The summed E-state index contributed by atoms with van der Waals surface area (Å²) in [5.41, 5.74) is 1.40. The van der Waals surface area contributed by atoms with Gasteiger partial charge in [0, 0.05) is 23.0 Å². The molecule has 0 bridgehead atoms. The summed E-state index contributed by atoms with van der Waals surface area (Å²) in [5, 5.41) is 7.27. The van der Waals surface area contributed by atoms with Gasteiger partial charge in [-0.05, 0) is 44.9 Å². The third-order valence-electron chi connectivity index (χ3n) is 4.37. The van der Waals surface area contributed by atoms with Crippen LogP contribution in [0.15, 0.2) is 29.1 Å². The molecule has 2 aromatic rings. The van der Waals surface area contributed by atoms with Crippen LogP contribution in [0.4, 0.5) is 0 Å². The highest BCUT2D eigenvalue weighted by Crippen LogP contribution is 2.17. The Bertz CT molecular complexity index is 766. The Morgan fingerprint density at radius 3 is 2.86 bits per heavy atom. The predicted octanol–water partition coefficient (Wildman–Crippen LogP) is 1.71. The number of aromatic amines is 1. The molecule has 5 nitrogen and oxygen atoms in total. The minimum absolute atomic E-state index is 0.119. The lowest BCUT2D eigenvalue weighted by atomic mass is 9.99. The second-order valence-corrected chi connectivity index (χ2v) is 6.05. The van der Waals surface area contributed by atoms with Crippen LogP contribution < -0.4 is 16.2 Å². The Kier molecular flexibility index (Phi) is 3.98. The van der Waals surface area contributed by atoms with Crippen LogP contribution >= 0.6 is 0 Å². The lowest BCUT2D eigenvalue weighted by Crippen LogP contribution is -2.47. The van der Waals surface area contributed by atoms with E-state index in [0.717, 1.165) is 35.9 Å². The van der Waals surface area contributed by atoms with Gasteiger partial charge in [0.1, 0.15) is 5.56 Å². The fraction of sp³-hybridized carbons (Fsp3) is 0.412. The SMILES string of the molecule is Cc1c(C(=O)NC2CCNC(C)C2)c(=O)[nH]c2ccccc12. The van der Waals surface area contributed by atoms with Crippen LogP contribution in [-0.4, -0.2) is 29.5 Å². The van der Waals surface area contributed by atoms with Gasteiger partial charge in [0.25, 0.3) is 11.5 Å². The minimum atomic E-state index is -0.323. The number of nitrogens with one attached hydrogen (secondary N) is 3. The smallest absolute Gasteiger partial charge is 0.261 e. The average molecular weight is 299 g/mol. The number of rotatable bonds is 2. The summed E-state index contributed by atoms with van der Waals surface area (Å²) >= 11 is 0. The van der Waals surface area contributed by atoms with Gasteiger partial charge in [-0.15, -0.1) is 0 Å². The molecule has 1 saturated heterocycles. The zero-order chi connectivity index (χ0) is 15.7. The Labute approximate surface area is 129 Å². The van der Waals surface area contributed by atoms with Crippen LogP contribution in [0.3, 0.4) is 0 Å². The maximum Gasteiger partial charge on any atom is 0.261 e. The van der Waals surface area contributed by atoms with Crippen molar-refractivity contribution in [3.63, 3.8) is 0 Å². The van der Waals surface area contributed by atoms with Crippen LogP contribution in [0.25, 0.3) is 10.9 Å². The first kappa shape index (κ1) is 14.8. The molecule has 3 rings (SSSR count). The molecular formula is C17H21N3O2. The van der Waals surface area contributed by atoms with E-state index in [4.69, 9.17) is 0 Å². The normalized spacial score (nSPS) is 21.7. The molecular weight excluding hydrogens is 278 g/mol. The van der Waals surface area contributed by atoms with Gasteiger partial charge in [-0.3, -0.25) is 9.59 Å². The molecule has 3 N–H and O–H groups in total. The first-order chi connectivity index (χ1) is 10.6. The van der Waals surface area contributed by atoms with E-state index in [1.54, 1.807) is 0 Å². The quantitative estimate of drug-likeness (QED) is 0.790. The van der Waals surface area contributed by atoms with Gasteiger partial charge in [-0.1, -0.05) is 18.2 Å². The number of aromatic nitrogens is 1. The fourth-order valence-corrected chi connectivity index (χ4v) is 3.20. The molecule has 1 aromatic carbocycles. The standard InChI is InChI=1S/C17H21N3O2/c1-10-9-12(7-8-18-10)19-16(21)15-11(2)13-5-3-4-6-14(13)20-17(15)22/h3-6,10,12,18H,7-9H2,1-2H3,(H,19,21)(H,20,22). The first-order valence-electron chi connectivity index (χ1n) is 7.72. The molecule has 22 heavy (non-hydrogen) atoms. The molecule has 1 fully saturated rings. The van der Waals surface area contributed by atoms with E-state index in [1.165, 1.54) is 0 Å². The van der Waals surface area contributed by atoms with E-state index < -0.39 is 0 Å². The van der Waals surface area contributed by atoms with E-state index in [1.807, 2.05) is 31.2 Å². The maximum absolute atomic E-state index is 12.6. The number of piperidine rings is 1. The fourth-order valence-electron chi connectivity index (χ4n) is 3.20. The number of aryl methyl sites for hydroxylation is 1. The summed E-state index contributed by atoms with van der Waals surface area (Å²) in [6, 6.07) is 8.05. The third kappa shape index (κ3) is 2.76. The number of benzene rings is 1. The highest BCUT2D eigenvalue weighted by molar-refractivity contribution is 5.99. The van der Waals surface area contributed by atoms with Crippen molar-refractivity contribution in [1.82, 2.24) is 15.6 Å². The second kappa shape index (κ2) is 5.93. The number of fused-ring (bicyclic) bond motifs is 1. The Balaban J connectivity index is 1.92. The topological polar surface area (TPSA) is 74.0 Å². The van der Waals surface area contributed by atoms with E-state index in [2.05, 4.69) is 22.5 Å². The molecule has 0 aliphatic carbocycles. The molecule has 0 radical (unpaired) electrons. The van der Waals surface area contributed by atoms with E-state index in [-0.39, 0.29) is 23.1 Å². The van der Waals surface area contributed by atoms with Crippen molar-refractivity contribution in [1.29, 1.82) is 0 Å². The predicted molar refractivity (Wildman–Crippen MR) is 87.3 cm³/mol. The number of H-pyrrole nitrogens is 1. The van der Waals surface area contributed by atoms with Crippen LogP contribution in [0.1, 0.15) is 35.7 Å². The number of carbonyl (C=O) groups excluding carboxylic acids is 1. The monoisotopic (exact) mass is 299 g/mol. The van der Waals surface area contributed by atoms with Crippen LogP contribution in [0.5, 0.6) is 0 Å². The molecule has 2 unspecified atom stereocenters. The molecule has 1 aromatic heterocycles. The zero-order valence-corrected chi connectivity index (χ0v) is 12.9. The van der Waals surface area contributed by atoms with Gasteiger partial charge in [0.15, 0.2) is 0 Å². The van der Waals surface area contributed by atoms with Gasteiger partial charge in [-0.25, -0.2) is 0 Å². The van der Waals surface area contributed by atoms with E-state index in [9.17, 15) is 9.59 Å². The molecule has 1 amide bonds. The van der Waals surface area contributed by atoms with E-state index in [0.29, 0.717) is 6.04 Å². The largest absolute Gasteiger partial charge is 0.349 e. The Morgan fingerprint density at radius 2 is 2.09 bits per heavy atom. The van der Waals surface area contributed by atoms with Crippen molar-refractivity contribution >= 4 is 16.8 Å². The number of hydrogen-bond donors (Lipinski definition) is 3. The molecule has 5 heteroatoms. The second-order valence-electron chi connectivity index (χ2n) is 6.05. The summed E-state index contributed by atoms with van der Waals surface area (Å²) in [7, 11) is 0. The van der Waals surface area contributed by atoms with Gasteiger partial charge < -0.3 is 15.6 Å². The number of hydrogen-bond acceptors (Lipinski definition) is 3. The van der Waals surface area contributed by atoms with Crippen molar-refractivity contribution in [2.45, 2.75) is 38.8 Å². The summed E-state index contributed by atoms with van der Waals surface area (Å²) in [6.07, 6.45) is 1.77. The number of pyridine rings is 1. The van der Waals surface area contributed by atoms with Crippen molar-refractivity contribution in [2.24, 2.45) is 0 Å². The highest BCUT2D eigenvalue weighted by atomic mass is 16.2. The number of para-hydroxylation sites is 1. The summed E-state index contributed by atoms with van der Waals surface area (Å²) < 4.78 is 0. The van der Waals surface area contributed by atoms with Crippen LogP contribution in [0.2, 0.25) is 0 Å². The molecule has 0 saturated carbocycles. The van der Waals surface area contributed by atoms with Crippen molar-refractivity contribution in [2.75, 3.05) is 6.54 Å². The van der Waals surface area contributed by atoms with Crippen molar-refractivity contribution in [3.8, 4) is 0 Å². The molecule has 0 spiro atoms. The molecule has 2 heterocycles. The summed E-state index contributed by atoms with van der Waals surface area (Å²) in [5.74, 6) is -0.274. The van der Waals surface area contributed by atoms with Crippen LogP contribution in [0, 0.1) is 6.92 Å². The molecule has 1 aliphatic rings. The van der Waals surface area contributed by atoms with Crippen molar-refractivity contribution < 1.29 is 4.79 Å². The molecule has 1 aliphatic heterocycles. The van der Waals surface area contributed by atoms with Gasteiger partial charge in [0.2, 0.25) is 0 Å². The lowest BCUT2D eigenvalue weighted by Gasteiger charge is -2.28. The number of carbonyl (C=O) groups is 1. The Hall–Kier alpha value is -2.14. The molecule has 2 atom stereocenters. The maximum atomic E-state index is 12.6. The van der Waals surface area contributed by atoms with Gasteiger partial charge in [0.05, 0.1) is 0 Å². The minimum Gasteiger partial charge on any atom is -0.349 e. The zero-order valence-electron chi connectivity index (χ0n) is 12.9.